The first-order valence-electron chi connectivity index (χ1n) is 7.06. The molecule has 0 N–H and O–H groups in total. The van der Waals surface area contributed by atoms with Gasteiger partial charge in [0, 0.05) is 0 Å². The van der Waals surface area contributed by atoms with E-state index in [4.69, 9.17) is 9.47 Å². The Labute approximate surface area is 129 Å². The Kier molecular flexibility index (Phi) is 7.33. The number of carbonyl (C=O) groups excluding carboxylic acids is 1. The molecule has 2 atom stereocenters. The van der Waals surface area contributed by atoms with Gasteiger partial charge in [-0.25, -0.2) is 0 Å². The predicted molar refractivity (Wildman–Crippen MR) is 86.9 cm³/mol. The van der Waals surface area contributed by atoms with E-state index >= 15 is 0 Å². The van der Waals surface area contributed by atoms with E-state index in [0.29, 0.717) is 6.61 Å². The molecule has 0 amide bonds. The highest BCUT2D eigenvalue weighted by atomic mass is 32.1. The third-order valence-corrected chi connectivity index (χ3v) is 2.93. The Morgan fingerprint density at radius 3 is 2.10 bits per heavy atom. The first kappa shape index (κ1) is 19.5. The molecule has 118 valence electrons. The summed E-state index contributed by atoms with van der Waals surface area (Å²) in [5, 5.41) is 0. The maximum Gasteiger partial charge on any atom is 0.309 e. The lowest BCUT2D eigenvalue weighted by Gasteiger charge is -2.25. The van der Waals surface area contributed by atoms with E-state index < -0.39 is 4.93 Å². The fourth-order valence-corrected chi connectivity index (χ4v) is 1.83. The molecule has 0 bridgehead atoms. The van der Waals surface area contributed by atoms with Gasteiger partial charge in [0.25, 0.3) is 0 Å². The summed E-state index contributed by atoms with van der Waals surface area (Å²) in [6.07, 6.45) is 0.450. The number of hydrogen-bond acceptors (Lipinski definition) is 4. The van der Waals surface area contributed by atoms with Crippen molar-refractivity contribution in [2.75, 3.05) is 6.61 Å². The number of hydrogen-bond donors (Lipinski definition) is 1. The summed E-state index contributed by atoms with van der Waals surface area (Å²) in [5.41, 5.74) is 0.848. The minimum absolute atomic E-state index is 0.109. The van der Waals surface area contributed by atoms with Gasteiger partial charge in [-0.3, -0.25) is 4.79 Å². The molecule has 0 rings (SSSR count). The quantitative estimate of drug-likeness (QED) is 0.331. The molecular weight excluding hydrogens is 272 g/mol. The van der Waals surface area contributed by atoms with Crippen molar-refractivity contribution in [1.82, 2.24) is 0 Å². The maximum atomic E-state index is 12.0. The number of esters is 1. The van der Waals surface area contributed by atoms with Crippen molar-refractivity contribution in [1.29, 1.82) is 0 Å². The lowest BCUT2D eigenvalue weighted by Crippen LogP contribution is -2.27. The zero-order chi connectivity index (χ0) is 16.1. The van der Waals surface area contributed by atoms with Gasteiger partial charge in [-0.05, 0) is 38.2 Å². The van der Waals surface area contributed by atoms with Crippen molar-refractivity contribution in [3.8, 4) is 0 Å². The highest BCUT2D eigenvalue weighted by Gasteiger charge is 2.24. The van der Waals surface area contributed by atoms with Crippen LogP contribution in [0.3, 0.4) is 0 Å². The largest absolute Gasteiger partial charge is 0.458 e. The van der Waals surface area contributed by atoms with Gasteiger partial charge in [0.2, 0.25) is 0 Å². The second-order valence-corrected chi connectivity index (χ2v) is 8.22. The van der Waals surface area contributed by atoms with Gasteiger partial charge >= 0.3 is 5.97 Å². The summed E-state index contributed by atoms with van der Waals surface area (Å²) in [5.74, 6) is -0.300. The molecule has 0 aromatic heterocycles. The third-order valence-electron chi connectivity index (χ3n) is 2.80. The molecule has 0 radical (unpaired) electrons. The minimum atomic E-state index is -0.522. The van der Waals surface area contributed by atoms with E-state index in [1.165, 1.54) is 0 Å². The first-order chi connectivity index (χ1) is 8.82. The summed E-state index contributed by atoms with van der Waals surface area (Å²) in [4.78, 5) is 11.5. The second-order valence-electron chi connectivity index (χ2n) is 7.14. The Morgan fingerprint density at radius 1 is 1.20 bits per heavy atom. The normalized spacial score (nSPS) is 15.6. The highest BCUT2D eigenvalue weighted by Crippen LogP contribution is 2.25. The Bertz CT molecular complexity index is 337. The molecule has 0 saturated heterocycles. The maximum absolute atomic E-state index is 12.0. The van der Waals surface area contributed by atoms with E-state index in [2.05, 4.69) is 40.0 Å². The summed E-state index contributed by atoms with van der Waals surface area (Å²) in [7, 11) is 0. The summed E-state index contributed by atoms with van der Waals surface area (Å²) < 4.78 is 10.9. The van der Waals surface area contributed by atoms with Crippen LogP contribution in [-0.2, 0) is 14.3 Å². The van der Waals surface area contributed by atoms with Crippen LogP contribution >= 0.6 is 12.6 Å². The predicted octanol–water partition coefficient (Wildman–Crippen LogP) is 4.23. The Balaban J connectivity index is 4.28. The van der Waals surface area contributed by atoms with Crippen molar-refractivity contribution in [3.63, 3.8) is 0 Å². The lowest BCUT2D eigenvalue weighted by atomic mass is 9.85. The molecule has 3 nitrogen and oxygen atoms in total. The van der Waals surface area contributed by atoms with Gasteiger partial charge in [0.1, 0.15) is 11.0 Å². The molecule has 0 fully saturated rings. The topological polar surface area (TPSA) is 35.5 Å². The molecule has 0 spiro atoms. The summed E-state index contributed by atoms with van der Waals surface area (Å²) in [6.45, 7) is 18.0. The fraction of sp³-hybridized carbons (Fsp3) is 0.812. The molecule has 0 aromatic carbocycles. The summed E-state index contributed by atoms with van der Waals surface area (Å²) >= 11 is 4.28. The smallest absolute Gasteiger partial charge is 0.309 e. The number of ether oxygens (including phenoxy) is 2. The van der Waals surface area contributed by atoms with Gasteiger partial charge in [-0.15, -0.1) is 12.6 Å². The van der Waals surface area contributed by atoms with E-state index in [1.807, 2.05) is 27.7 Å². The average Bonchev–Trinajstić information content (AvgIpc) is 2.22. The molecular formula is C16H30O3S. The van der Waals surface area contributed by atoms with Gasteiger partial charge in [-0.1, -0.05) is 34.3 Å². The zero-order valence-corrected chi connectivity index (χ0v) is 14.8. The van der Waals surface area contributed by atoms with Crippen molar-refractivity contribution < 1.29 is 14.3 Å². The average molecular weight is 302 g/mol. The lowest BCUT2D eigenvalue weighted by molar-refractivity contribution is -0.152. The molecule has 0 aliphatic rings. The summed E-state index contributed by atoms with van der Waals surface area (Å²) in [6, 6.07) is 0. The van der Waals surface area contributed by atoms with E-state index in [1.54, 1.807) is 0 Å². The van der Waals surface area contributed by atoms with Crippen LogP contribution in [0.1, 0.15) is 54.9 Å². The van der Waals surface area contributed by atoms with E-state index in [0.717, 1.165) is 12.0 Å². The molecule has 2 unspecified atom stereocenters. The zero-order valence-electron chi connectivity index (χ0n) is 13.9. The second kappa shape index (κ2) is 7.51. The van der Waals surface area contributed by atoms with Gasteiger partial charge in [0.05, 0.1) is 12.5 Å². The molecule has 0 heterocycles. The molecule has 20 heavy (non-hydrogen) atoms. The van der Waals surface area contributed by atoms with Crippen LogP contribution in [0.5, 0.6) is 0 Å². The molecule has 0 saturated carbocycles. The molecule has 4 heteroatoms. The standard InChI is InChI=1S/C16H30O3S/c1-11(9-15(4,5)6)14(17)19-13(3)12(2)10-18-16(7,8)20/h11,13,20H,2,9-10H2,1,3-8H3. The first-order valence-corrected chi connectivity index (χ1v) is 7.51. The Hall–Kier alpha value is -0.480. The van der Waals surface area contributed by atoms with Crippen LogP contribution in [0.25, 0.3) is 0 Å². The minimum Gasteiger partial charge on any atom is -0.458 e. The van der Waals surface area contributed by atoms with Crippen molar-refractivity contribution in [3.05, 3.63) is 12.2 Å². The van der Waals surface area contributed by atoms with Crippen LogP contribution in [0.2, 0.25) is 0 Å². The molecule has 0 aromatic rings. The number of carbonyl (C=O) groups is 1. The monoisotopic (exact) mass is 302 g/mol. The highest BCUT2D eigenvalue weighted by molar-refractivity contribution is 7.81. The number of thiol groups is 1. The van der Waals surface area contributed by atoms with Crippen LogP contribution in [0.15, 0.2) is 12.2 Å². The van der Waals surface area contributed by atoms with Crippen LogP contribution in [0.4, 0.5) is 0 Å². The van der Waals surface area contributed by atoms with E-state index in [-0.39, 0.29) is 23.4 Å². The Morgan fingerprint density at radius 2 is 1.70 bits per heavy atom. The van der Waals surface area contributed by atoms with Gasteiger partial charge < -0.3 is 9.47 Å². The fourth-order valence-electron chi connectivity index (χ4n) is 1.76. The third kappa shape index (κ3) is 9.43. The van der Waals surface area contributed by atoms with Crippen LogP contribution < -0.4 is 0 Å². The van der Waals surface area contributed by atoms with Crippen LogP contribution in [0, 0.1) is 11.3 Å². The SMILES string of the molecule is C=C(COC(C)(C)S)C(C)OC(=O)C(C)CC(C)(C)C. The van der Waals surface area contributed by atoms with Gasteiger partial charge in [0.15, 0.2) is 0 Å². The van der Waals surface area contributed by atoms with E-state index in [9.17, 15) is 4.79 Å². The number of rotatable bonds is 7. The van der Waals surface area contributed by atoms with Gasteiger partial charge in [-0.2, -0.15) is 0 Å². The van der Waals surface area contributed by atoms with Crippen LogP contribution in [-0.4, -0.2) is 23.6 Å². The van der Waals surface area contributed by atoms with Crippen molar-refractivity contribution in [2.45, 2.75) is 65.9 Å². The molecule has 0 aliphatic heterocycles. The van der Waals surface area contributed by atoms with Crippen molar-refractivity contribution >= 4 is 18.6 Å². The molecule has 0 aliphatic carbocycles. The van der Waals surface area contributed by atoms with Crippen molar-refractivity contribution in [2.24, 2.45) is 11.3 Å².